The molecule has 5 heteroatoms. The molecule has 6 rings (SSSR count). The lowest BCUT2D eigenvalue weighted by Gasteiger charge is -2.53. The molecule has 3 aliphatic rings. The van der Waals surface area contributed by atoms with Crippen LogP contribution in [-0.4, -0.2) is 38.1 Å². The number of carbonyl (C=O) groups excluding carboxylic acids is 1. The molecular weight excluding hydrogens is 547 g/mol. The molecule has 0 bridgehead atoms. The van der Waals surface area contributed by atoms with Crippen molar-refractivity contribution < 1.29 is 14.0 Å². The Hall–Kier alpha value is -2.73. The molecular formula is C38H49NO3Si. The first-order valence-electron chi connectivity index (χ1n) is 16.6. The maximum atomic E-state index is 13.3. The van der Waals surface area contributed by atoms with Crippen molar-refractivity contribution in [3.8, 4) is 0 Å². The summed E-state index contributed by atoms with van der Waals surface area (Å²) in [5.74, 6) is 1.35. The average molecular weight is 596 g/mol. The lowest BCUT2D eigenvalue weighted by molar-refractivity contribution is -0.195. The molecule has 228 valence electrons. The van der Waals surface area contributed by atoms with E-state index in [4.69, 9.17) is 9.16 Å². The number of benzene rings is 3. The standard InChI is InChI=1S/C38H49NO3Si/c1-37(2,3)43(32-21-11-5-12-22-32,33-23-13-6-14-24-33)42-28-15-7-10-17-30-20-16-27-38-34(30)25-26-36(40)39(38)35(29-41-38)31-18-8-4-9-19-31/h4-6,8-9,11-14,18-19,21-24,30,34-35H,7,10,15-17,20,25-29H2,1-3H3/t30-,34+,35+,38+/m1/s1. The summed E-state index contributed by atoms with van der Waals surface area (Å²) >= 11 is 0. The van der Waals surface area contributed by atoms with Crippen LogP contribution in [0.15, 0.2) is 91.0 Å². The number of hydrogen-bond donors (Lipinski definition) is 0. The van der Waals surface area contributed by atoms with Gasteiger partial charge in [0.25, 0.3) is 8.32 Å². The van der Waals surface area contributed by atoms with Crippen molar-refractivity contribution in [3.05, 3.63) is 96.6 Å². The fraction of sp³-hybridized carbons (Fsp3) is 0.500. The van der Waals surface area contributed by atoms with Gasteiger partial charge in [-0.3, -0.25) is 4.79 Å². The van der Waals surface area contributed by atoms with Gasteiger partial charge in [0.15, 0.2) is 0 Å². The van der Waals surface area contributed by atoms with Crippen LogP contribution < -0.4 is 10.4 Å². The molecule has 1 amide bonds. The molecule has 0 aromatic heterocycles. The molecule has 2 aliphatic heterocycles. The summed E-state index contributed by atoms with van der Waals surface area (Å²) in [5, 5.41) is 2.71. The van der Waals surface area contributed by atoms with E-state index in [1.807, 2.05) is 6.07 Å². The Morgan fingerprint density at radius 3 is 2.12 bits per heavy atom. The quantitative estimate of drug-likeness (QED) is 0.179. The third-order valence-electron chi connectivity index (χ3n) is 10.5. The van der Waals surface area contributed by atoms with E-state index in [1.54, 1.807) is 0 Å². The fourth-order valence-electron chi connectivity index (χ4n) is 8.67. The lowest BCUT2D eigenvalue weighted by atomic mass is 9.67. The Kier molecular flexibility index (Phi) is 8.95. The van der Waals surface area contributed by atoms with Gasteiger partial charge in [0, 0.05) is 18.9 Å². The highest BCUT2D eigenvalue weighted by Crippen LogP contribution is 2.55. The Labute approximate surface area is 259 Å². The zero-order valence-corrected chi connectivity index (χ0v) is 27.3. The number of nitrogens with zero attached hydrogens (tertiary/aromatic N) is 1. The SMILES string of the molecule is CC(C)(C)[Si](OCCCCC[C@@H]1CCC[C@@]23OC[C@@H](c4ccccc4)N2C(=O)CC[C@@H]13)(c1ccccc1)c1ccccc1. The highest BCUT2D eigenvalue weighted by atomic mass is 28.4. The second-order valence-electron chi connectivity index (χ2n) is 14.0. The number of ether oxygens (including phenoxy) is 1. The predicted molar refractivity (Wildman–Crippen MR) is 177 cm³/mol. The molecule has 0 unspecified atom stereocenters. The molecule has 1 saturated carbocycles. The van der Waals surface area contributed by atoms with Crippen LogP contribution in [0.4, 0.5) is 0 Å². The highest BCUT2D eigenvalue weighted by Gasteiger charge is 2.60. The molecule has 4 nitrogen and oxygen atoms in total. The third-order valence-corrected chi connectivity index (χ3v) is 15.6. The Bertz CT molecular complexity index is 1300. The molecule has 1 aliphatic carbocycles. The first kappa shape index (κ1) is 30.3. The minimum absolute atomic E-state index is 0.00923. The topological polar surface area (TPSA) is 38.8 Å². The van der Waals surface area contributed by atoms with Crippen LogP contribution in [0.2, 0.25) is 5.04 Å². The number of amides is 1. The molecule has 3 aromatic carbocycles. The minimum atomic E-state index is -2.48. The van der Waals surface area contributed by atoms with E-state index < -0.39 is 14.0 Å². The summed E-state index contributed by atoms with van der Waals surface area (Å²) in [7, 11) is -2.48. The van der Waals surface area contributed by atoms with Crippen molar-refractivity contribution in [1.82, 2.24) is 4.90 Å². The summed E-state index contributed by atoms with van der Waals surface area (Å²) in [6.07, 6.45) is 9.67. The molecule has 2 saturated heterocycles. The highest BCUT2D eigenvalue weighted by molar-refractivity contribution is 6.99. The van der Waals surface area contributed by atoms with Crippen molar-refractivity contribution in [2.24, 2.45) is 11.8 Å². The van der Waals surface area contributed by atoms with Crippen molar-refractivity contribution in [3.63, 3.8) is 0 Å². The summed E-state index contributed by atoms with van der Waals surface area (Å²) in [6, 6.07) is 32.5. The summed E-state index contributed by atoms with van der Waals surface area (Å²) in [6.45, 7) is 8.46. The van der Waals surface area contributed by atoms with Gasteiger partial charge in [0.2, 0.25) is 5.91 Å². The maximum absolute atomic E-state index is 13.3. The molecule has 0 radical (unpaired) electrons. The molecule has 3 aromatic rings. The number of piperidine rings is 1. The van der Waals surface area contributed by atoms with Crippen LogP contribution in [-0.2, 0) is 14.0 Å². The molecule has 2 heterocycles. The number of hydrogen-bond acceptors (Lipinski definition) is 3. The van der Waals surface area contributed by atoms with Crippen LogP contribution in [0.5, 0.6) is 0 Å². The number of unbranched alkanes of at least 4 members (excludes halogenated alkanes) is 2. The first-order valence-corrected chi connectivity index (χ1v) is 18.5. The van der Waals surface area contributed by atoms with Gasteiger partial charge in [-0.05, 0) is 59.0 Å². The summed E-state index contributed by atoms with van der Waals surface area (Å²) in [5.41, 5.74) is 0.807. The molecule has 43 heavy (non-hydrogen) atoms. The van der Waals surface area contributed by atoms with E-state index in [0.717, 1.165) is 32.3 Å². The summed E-state index contributed by atoms with van der Waals surface area (Å²) < 4.78 is 13.8. The van der Waals surface area contributed by atoms with Gasteiger partial charge in [-0.25, -0.2) is 0 Å². The van der Waals surface area contributed by atoms with Gasteiger partial charge in [-0.15, -0.1) is 0 Å². The second kappa shape index (κ2) is 12.7. The van der Waals surface area contributed by atoms with E-state index in [1.165, 1.54) is 41.6 Å². The van der Waals surface area contributed by atoms with Crippen molar-refractivity contribution in [2.45, 2.75) is 95.4 Å². The van der Waals surface area contributed by atoms with Crippen molar-refractivity contribution >= 4 is 24.6 Å². The van der Waals surface area contributed by atoms with E-state index in [-0.39, 0.29) is 17.0 Å². The van der Waals surface area contributed by atoms with Gasteiger partial charge >= 0.3 is 0 Å². The van der Waals surface area contributed by atoms with Crippen molar-refractivity contribution in [2.75, 3.05) is 13.2 Å². The zero-order valence-electron chi connectivity index (χ0n) is 26.3. The first-order chi connectivity index (χ1) is 20.9. The number of rotatable bonds is 10. The Morgan fingerprint density at radius 1 is 0.860 bits per heavy atom. The van der Waals surface area contributed by atoms with Crippen LogP contribution >= 0.6 is 0 Å². The van der Waals surface area contributed by atoms with Gasteiger partial charge in [-0.2, -0.15) is 0 Å². The molecule has 0 N–H and O–H groups in total. The van der Waals surface area contributed by atoms with E-state index >= 15 is 0 Å². The van der Waals surface area contributed by atoms with Crippen LogP contribution in [0.1, 0.15) is 90.2 Å². The van der Waals surface area contributed by atoms with Gasteiger partial charge in [0.05, 0.1) is 12.6 Å². The zero-order chi connectivity index (χ0) is 29.9. The fourth-order valence-corrected chi connectivity index (χ4v) is 13.3. The predicted octanol–water partition coefficient (Wildman–Crippen LogP) is 7.63. The number of carbonyl (C=O) groups is 1. The van der Waals surface area contributed by atoms with Crippen LogP contribution in [0, 0.1) is 11.8 Å². The van der Waals surface area contributed by atoms with Gasteiger partial charge in [-0.1, -0.05) is 131 Å². The molecule has 4 atom stereocenters. The lowest BCUT2D eigenvalue weighted by Crippen LogP contribution is -2.66. The van der Waals surface area contributed by atoms with Gasteiger partial charge < -0.3 is 14.1 Å². The van der Waals surface area contributed by atoms with E-state index in [9.17, 15) is 4.79 Å². The largest absolute Gasteiger partial charge is 0.407 e. The Morgan fingerprint density at radius 2 is 1.49 bits per heavy atom. The van der Waals surface area contributed by atoms with Crippen LogP contribution in [0.3, 0.4) is 0 Å². The second-order valence-corrected chi connectivity index (χ2v) is 18.3. The normalized spacial score (nSPS) is 25.8. The molecule has 3 fully saturated rings. The average Bonchev–Trinajstić information content (AvgIpc) is 3.42. The van der Waals surface area contributed by atoms with E-state index in [2.05, 4.69) is 111 Å². The minimum Gasteiger partial charge on any atom is -0.407 e. The monoisotopic (exact) mass is 595 g/mol. The van der Waals surface area contributed by atoms with Crippen LogP contribution in [0.25, 0.3) is 0 Å². The third kappa shape index (κ3) is 5.65. The van der Waals surface area contributed by atoms with Crippen molar-refractivity contribution in [1.29, 1.82) is 0 Å². The Balaban J connectivity index is 1.09. The summed E-state index contributed by atoms with van der Waals surface area (Å²) in [4.78, 5) is 15.5. The molecule has 1 spiro atoms. The maximum Gasteiger partial charge on any atom is 0.261 e. The van der Waals surface area contributed by atoms with Gasteiger partial charge in [0.1, 0.15) is 5.72 Å². The smallest absolute Gasteiger partial charge is 0.261 e. The van der Waals surface area contributed by atoms with E-state index in [0.29, 0.717) is 24.9 Å².